The molecule has 2 N–H and O–H groups in total. The first-order valence-electron chi connectivity index (χ1n) is 10.3. The molecule has 0 aliphatic carbocycles. The van der Waals surface area contributed by atoms with Gasteiger partial charge in [0.05, 0.1) is 28.6 Å². The number of primary amides is 1. The van der Waals surface area contributed by atoms with E-state index in [1.165, 1.54) is 6.07 Å². The summed E-state index contributed by atoms with van der Waals surface area (Å²) >= 11 is 12.4. The quantitative estimate of drug-likeness (QED) is 0.602. The first-order valence-corrected chi connectivity index (χ1v) is 11.0. The first-order chi connectivity index (χ1) is 14.7. The lowest BCUT2D eigenvalue weighted by atomic mass is 10.1. The van der Waals surface area contributed by atoms with Crippen molar-refractivity contribution in [2.24, 2.45) is 5.73 Å². The van der Waals surface area contributed by atoms with Crippen LogP contribution in [0.3, 0.4) is 0 Å². The van der Waals surface area contributed by atoms with E-state index < -0.39 is 11.7 Å². The molecule has 0 bridgehead atoms. The highest BCUT2D eigenvalue weighted by atomic mass is 35.5. The number of piperidine rings is 1. The lowest BCUT2D eigenvalue weighted by Crippen LogP contribution is -2.38. The molecule has 1 saturated heterocycles. The number of aromatic nitrogens is 1. The second-order valence-electron chi connectivity index (χ2n) is 7.08. The zero-order chi connectivity index (χ0) is 23.1. The lowest BCUT2D eigenvalue weighted by Gasteiger charge is -2.33. The van der Waals surface area contributed by atoms with Crippen molar-refractivity contribution in [3.05, 3.63) is 45.8 Å². The van der Waals surface area contributed by atoms with Crippen LogP contribution in [-0.4, -0.2) is 36.2 Å². The van der Waals surface area contributed by atoms with Crippen LogP contribution in [-0.2, 0) is 0 Å². The van der Waals surface area contributed by atoms with Crippen molar-refractivity contribution in [2.45, 2.75) is 52.7 Å². The molecule has 0 unspecified atom stereocenters. The van der Waals surface area contributed by atoms with E-state index in [9.17, 15) is 9.18 Å². The van der Waals surface area contributed by atoms with Gasteiger partial charge in [-0.05, 0) is 26.0 Å². The summed E-state index contributed by atoms with van der Waals surface area (Å²) in [5.74, 6) is -1.01. The highest BCUT2D eigenvalue weighted by molar-refractivity contribution is 6.32. The molecular weight excluding hydrogens is 444 g/mol. The molecule has 0 radical (unpaired) electrons. The van der Waals surface area contributed by atoms with Gasteiger partial charge in [-0.3, -0.25) is 4.79 Å². The second kappa shape index (κ2) is 11.4. The van der Waals surface area contributed by atoms with Gasteiger partial charge in [-0.25, -0.2) is 9.37 Å². The third-order valence-corrected chi connectivity index (χ3v) is 5.09. The van der Waals surface area contributed by atoms with Crippen molar-refractivity contribution >= 4 is 34.8 Å². The van der Waals surface area contributed by atoms with E-state index in [0.29, 0.717) is 36.8 Å². The van der Waals surface area contributed by atoms with Crippen molar-refractivity contribution < 1.29 is 18.7 Å². The largest absolute Gasteiger partial charge is 0.489 e. The molecule has 1 amide bonds. The number of rotatable bonds is 6. The third kappa shape index (κ3) is 6.61. The number of carbonyl (C=O) groups excluding carboxylic acids is 1. The number of carbonyl (C=O) groups is 1. The van der Waals surface area contributed by atoms with Gasteiger partial charge in [0.2, 0.25) is 5.88 Å². The van der Waals surface area contributed by atoms with Crippen LogP contribution in [0.1, 0.15) is 50.9 Å². The first kappa shape index (κ1) is 25.0. The number of halogens is 3. The molecule has 1 fully saturated rings. The highest BCUT2D eigenvalue weighted by Crippen LogP contribution is 2.32. The molecule has 1 aromatic heterocycles. The molecule has 2 heterocycles. The number of nitrogens with zero attached hydrogens (tertiary/aromatic N) is 2. The van der Waals surface area contributed by atoms with Gasteiger partial charge in [0.25, 0.3) is 5.91 Å². The fraction of sp³-hybridized carbons (Fsp3) is 0.455. The maximum atomic E-state index is 14.0. The number of nitrogens with two attached hydrogens (primary N) is 1. The van der Waals surface area contributed by atoms with E-state index in [-0.39, 0.29) is 28.5 Å². The van der Waals surface area contributed by atoms with Crippen LogP contribution in [0.25, 0.3) is 0 Å². The number of anilines is 1. The standard InChI is InChI=1S/C20H22Cl2FN3O3.C2H6/c1-11(2)28-20-16(22)7-12(10-25-20)26-5-3-13(4-6-26)29-18-9-17(23)14(19(24)27)8-15(18)21;1-2/h7-11,13H,3-6H2,1-2H3,(H2,24,27);1-2H3. The fourth-order valence-electron chi connectivity index (χ4n) is 3.12. The Morgan fingerprint density at radius 2 is 1.84 bits per heavy atom. The predicted molar refractivity (Wildman–Crippen MR) is 122 cm³/mol. The number of hydrogen-bond donors (Lipinski definition) is 1. The summed E-state index contributed by atoms with van der Waals surface area (Å²) in [5, 5.41) is 0.616. The molecule has 9 heteroatoms. The Kier molecular flexibility index (Phi) is 9.19. The van der Waals surface area contributed by atoms with Crippen LogP contribution in [0, 0.1) is 5.82 Å². The Bertz CT molecular complexity index is 904. The zero-order valence-corrected chi connectivity index (χ0v) is 19.6. The third-order valence-electron chi connectivity index (χ3n) is 4.53. The van der Waals surface area contributed by atoms with Crippen molar-refractivity contribution in [3.8, 4) is 11.6 Å². The predicted octanol–water partition coefficient (Wildman–Crippen LogP) is 5.49. The van der Waals surface area contributed by atoms with E-state index in [4.69, 9.17) is 38.4 Å². The SMILES string of the molecule is CC.CC(C)Oc1ncc(N2CCC(Oc3cc(F)c(C(N)=O)cc3Cl)CC2)cc1Cl. The molecule has 31 heavy (non-hydrogen) atoms. The normalized spacial score (nSPS) is 14.1. The molecule has 0 atom stereocenters. The minimum atomic E-state index is -0.874. The summed E-state index contributed by atoms with van der Waals surface area (Å²) in [4.78, 5) is 17.6. The molecule has 170 valence electrons. The fourth-order valence-corrected chi connectivity index (χ4v) is 3.53. The van der Waals surface area contributed by atoms with Gasteiger partial charge in [0, 0.05) is 32.0 Å². The summed E-state index contributed by atoms with van der Waals surface area (Å²) in [6.45, 7) is 9.26. The molecule has 6 nitrogen and oxygen atoms in total. The Balaban J connectivity index is 0.00000166. The minimum absolute atomic E-state index is 0.00700. The van der Waals surface area contributed by atoms with E-state index in [2.05, 4.69) is 9.88 Å². The average molecular weight is 472 g/mol. The van der Waals surface area contributed by atoms with Gasteiger partial charge < -0.3 is 20.1 Å². The molecule has 3 rings (SSSR count). The topological polar surface area (TPSA) is 77.7 Å². The number of benzene rings is 1. The molecule has 1 aliphatic heterocycles. The molecule has 1 aromatic carbocycles. The van der Waals surface area contributed by atoms with Gasteiger partial charge >= 0.3 is 0 Å². The summed E-state index contributed by atoms with van der Waals surface area (Å²) < 4.78 is 25.4. The summed E-state index contributed by atoms with van der Waals surface area (Å²) in [6.07, 6.45) is 3.01. The van der Waals surface area contributed by atoms with Crippen LogP contribution in [0.5, 0.6) is 11.6 Å². The van der Waals surface area contributed by atoms with Gasteiger partial charge in [0.1, 0.15) is 22.7 Å². The summed E-state index contributed by atoms with van der Waals surface area (Å²) in [6, 6.07) is 4.13. The van der Waals surface area contributed by atoms with Crippen molar-refractivity contribution in [2.75, 3.05) is 18.0 Å². The van der Waals surface area contributed by atoms with E-state index >= 15 is 0 Å². The van der Waals surface area contributed by atoms with Crippen LogP contribution >= 0.6 is 23.2 Å². The molecule has 1 aliphatic rings. The van der Waals surface area contributed by atoms with Crippen molar-refractivity contribution in [1.29, 1.82) is 0 Å². The van der Waals surface area contributed by atoms with Gasteiger partial charge in [0.15, 0.2) is 0 Å². The maximum Gasteiger partial charge on any atom is 0.251 e. The summed E-state index contributed by atoms with van der Waals surface area (Å²) in [5.41, 5.74) is 5.77. The van der Waals surface area contributed by atoms with E-state index in [1.54, 1.807) is 6.20 Å². The minimum Gasteiger partial charge on any atom is -0.489 e. The Morgan fingerprint density at radius 3 is 2.39 bits per heavy atom. The summed E-state index contributed by atoms with van der Waals surface area (Å²) in [7, 11) is 0. The van der Waals surface area contributed by atoms with Crippen molar-refractivity contribution in [1.82, 2.24) is 4.98 Å². The Labute approximate surface area is 192 Å². The zero-order valence-electron chi connectivity index (χ0n) is 18.1. The smallest absolute Gasteiger partial charge is 0.251 e. The maximum absolute atomic E-state index is 14.0. The lowest BCUT2D eigenvalue weighted by molar-refractivity contribution is 0.0996. The molecule has 0 saturated carbocycles. The second-order valence-corrected chi connectivity index (χ2v) is 7.89. The van der Waals surface area contributed by atoms with Gasteiger partial charge in [-0.1, -0.05) is 37.0 Å². The van der Waals surface area contributed by atoms with E-state index in [1.807, 2.05) is 33.8 Å². The van der Waals surface area contributed by atoms with Crippen LogP contribution in [0.15, 0.2) is 24.4 Å². The molecular formula is C22H28Cl2FN3O3. The number of hydrogen-bond acceptors (Lipinski definition) is 5. The Morgan fingerprint density at radius 1 is 1.19 bits per heavy atom. The van der Waals surface area contributed by atoms with Crippen LogP contribution < -0.4 is 20.1 Å². The van der Waals surface area contributed by atoms with Crippen LogP contribution in [0.4, 0.5) is 10.1 Å². The monoisotopic (exact) mass is 471 g/mol. The van der Waals surface area contributed by atoms with Crippen molar-refractivity contribution in [3.63, 3.8) is 0 Å². The van der Waals surface area contributed by atoms with Gasteiger partial charge in [-0.15, -0.1) is 0 Å². The number of ether oxygens (including phenoxy) is 2. The highest BCUT2D eigenvalue weighted by Gasteiger charge is 2.23. The molecule has 0 spiro atoms. The molecule has 2 aromatic rings. The van der Waals surface area contributed by atoms with Crippen LogP contribution in [0.2, 0.25) is 10.0 Å². The number of pyridine rings is 1. The average Bonchev–Trinajstić information content (AvgIpc) is 2.73. The van der Waals surface area contributed by atoms with Gasteiger partial charge in [-0.2, -0.15) is 0 Å². The van der Waals surface area contributed by atoms with E-state index in [0.717, 1.165) is 11.8 Å². The Hall–Kier alpha value is -2.25. The number of amides is 1.